The first-order valence-electron chi connectivity index (χ1n) is 7.69. The number of unbranched alkanes of at least 4 members (excludes halogenated alkanes) is 2. The quantitative estimate of drug-likeness (QED) is 0.687. The fourth-order valence-corrected chi connectivity index (χ4v) is 2.08. The Morgan fingerprint density at radius 1 is 1.09 bits per heavy atom. The SMILES string of the molecule is CCCCCNc1cnnc(Nc2ccc(OC)c(OC)c2)n1. The first-order valence-corrected chi connectivity index (χ1v) is 7.69. The lowest BCUT2D eigenvalue weighted by Gasteiger charge is -2.11. The molecule has 0 unspecified atom stereocenters. The first kappa shape index (κ1) is 16.8. The molecule has 1 heterocycles. The van der Waals surface area contributed by atoms with Crippen molar-refractivity contribution in [2.45, 2.75) is 26.2 Å². The number of nitrogens with zero attached hydrogens (tertiary/aromatic N) is 3. The Labute approximate surface area is 136 Å². The number of aromatic nitrogens is 3. The minimum Gasteiger partial charge on any atom is -0.493 e. The van der Waals surface area contributed by atoms with E-state index in [1.165, 1.54) is 12.8 Å². The highest BCUT2D eigenvalue weighted by Gasteiger charge is 2.06. The van der Waals surface area contributed by atoms with Gasteiger partial charge in [0.1, 0.15) is 0 Å². The number of rotatable bonds is 9. The van der Waals surface area contributed by atoms with Gasteiger partial charge in [-0.2, -0.15) is 10.1 Å². The highest BCUT2D eigenvalue weighted by molar-refractivity contribution is 5.60. The van der Waals surface area contributed by atoms with Crippen LogP contribution >= 0.6 is 0 Å². The largest absolute Gasteiger partial charge is 0.493 e. The van der Waals surface area contributed by atoms with Crippen LogP contribution in [0.25, 0.3) is 0 Å². The zero-order valence-corrected chi connectivity index (χ0v) is 13.8. The summed E-state index contributed by atoms with van der Waals surface area (Å²) in [7, 11) is 3.20. The molecule has 2 aromatic rings. The summed E-state index contributed by atoms with van der Waals surface area (Å²) in [5, 5.41) is 14.3. The smallest absolute Gasteiger partial charge is 0.249 e. The van der Waals surface area contributed by atoms with Crippen molar-refractivity contribution in [1.82, 2.24) is 15.2 Å². The molecule has 0 bridgehead atoms. The van der Waals surface area contributed by atoms with Crippen LogP contribution in [-0.2, 0) is 0 Å². The number of anilines is 3. The maximum Gasteiger partial charge on any atom is 0.249 e. The molecule has 7 heteroatoms. The molecule has 2 N–H and O–H groups in total. The Morgan fingerprint density at radius 2 is 1.91 bits per heavy atom. The van der Waals surface area contributed by atoms with Crippen LogP contribution in [0.15, 0.2) is 24.4 Å². The molecular formula is C16H23N5O2. The summed E-state index contributed by atoms with van der Waals surface area (Å²) in [5.74, 6) is 2.44. The number of benzene rings is 1. The summed E-state index contributed by atoms with van der Waals surface area (Å²) < 4.78 is 10.5. The third kappa shape index (κ3) is 4.98. The van der Waals surface area contributed by atoms with Gasteiger partial charge in [-0.3, -0.25) is 0 Å². The third-order valence-corrected chi connectivity index (χ3v) is 3.28. The van der Waals surface area contributed by atoms with Crippen molar-refractivity contribution in [3.8, 4) is 11.5 Å². The number of nitrogens with one attached hydrogen (secondary N) is 2. The van der Waals surface area contributed by atoms with Crippen molar-refractivity contribution in [2.24, 2.45) is 0 Å². The van der Waals surface area contributed by atoms with Gasteiger partial charge in [0.2, 0.25) is 5.95 Å². The molecule has 0 spiro atoms. The second-order valence-corrected chi connectivity index (χ2v) is 4.99. The van der Waals surface area contributed by atoms with Gasteiger partial charge < -0.3 is 20.1 Å². The van der Waals surface area contributed by atoms with E-state index in [1.807, 2.05) is 18.2 Å². The molecule has 1 aromatic carbocycles. The summed E-state index contributed by atoms with van der Waals surface area (Å²) in [4.78, 5) is 4.40. The van der Waals surface area contributed by atoms with Crippen molar-refractivity contribution in [1.29, 1.82) is 0 Å². The van der Waals surface area contributed by atoms with Crippen LogP contribution in [0.1, 0.15) is 26.2 Å². The van der Waals surface area contributed by atoms with Gasteiger partial charge in [-0.05, 0) is 18.6 Å². The van der Waals surface area contributed by atoms with Crippen molar-refractivity contribution in [3.05, 3.63) is 24.4 Å². The van der Waals surface area contributed by atoms with E-state index in [4.69, 9.17) is 9.47 Å². The van der Waals surface area contributed by atoms with Crippen LogP contribution in [0.3, 0.4) is 0 Å². The number of hydrogen-bond donors (Lipinski definition) is 2. The van der Waals surface area contributed by atoms with E-state index in [-0.39, 0.29) is 0 Å². The van der Waals surface area contributed by atoms with Gasteiger partial charge in [0.05, 0.1) is 20.4 Å². The summed E-state index contributed by atoms with van der Waals surface area (Å²) >= 11 is 0. The fraction of sp³-hybridized carbons (Fsp3) is 0.438. The molecule has 0 saturated carbocycles. The fourth-order valence-electron chi connectivity index (χ4n) is 2.08. The van der Waals surface area contributed by atoms with Crippen molar-refractivity contribution in [3.63, 3.8) is 0 Å². The average molecular weight is 317 g/mol. The van der Waals surface area contributed by atoms with Gasteiger partial charge in [0.15, 0.2) is 17.3 Å². The van der Waals surface area contributed by atoms with E-state index >= 15 is 0 Å². The van der Waals surface area contributed by atoms with Crippen molar-refractivity contribution >= 4 is 17.5 Å². The highest BCUT2D eigenvalue weighted by atomic mass is 16.5. The Hall–Kier alpha value is -2.57. The maximum absolute atomic E-state index is 5.28. The van der Waals surface area contributed by atoms with Crippen LogP contribution < -0.4 is 20.1 Å². The summed E-state index contributed by atoms with van der Waals surface area (Å²) in [6, 6.07) is 5.51. The van der Waals surface area contributed by atoms with Crippen molar-refractivity contribution in [2.75, 3.05) is 31.4 Å². The summed E-state index contributed by atoms with van der Waals surface area (Å²) in [6.07, 6.45) is 5.11. The molecule has 124 valence electrons. The topological polar surface area (TPSA) is 81.2 Å². The lowest BCUT2D eigenvalue weighted by molar-refractivity contribution is 0.355. The van der Waals surface area contributed by atoms with Crippen LogP contribution in [0.4, 0.5) is 17.5 Å². The maximum atomic E-state index is 5.28. The minimum absolute atomic E-state index is 0.428. The van der Waals surface area contributed by atoms with E-state index in [0.717, 1.165) is 18.7 Å². The molecule has 0 radical (unpaired) electrons. The molecular weight excluding hydrogens is 294 g/mol. The Morgan fingerprint density at radius 3 is 2.65 bits per heavy atom. The molecule has 0 fully saturated rings. The summed E-state index contributed by atoms with van der Waals surface area (Å²) in [6.45, 7) is 3.06. The monoisotopic (exact) mass is 317 g/mol. The first-order chi connectivity index (χ1) is 11.3. The molecule has 0 amide bonds. The van der Waals surface area contributed by atoms with Crippen LogP contribution in [0.5, 0.6) is 11.5 Å². The van der Waals surface area contributed by atoms with Gasteiger partial charge in [0.25, 0.3) is 0 Å². The summed E-state index contributed by atoms with van der Waals surface area (Å²) in [5.41, 5.74) is 0.799. The van der Waals surface area contributed by atoms with Gasteiger partial charge in [-0.15, -0.1) is 5.10 Å². The van der Waals surface area contributed by atoms with E-state index in [0.29, 0.717) is 23.3 Å². The normalized spacial score (nSPS) is 10.2. The van der Waals surface area contributed by atoms with Crippen LogP contribution in [0, 0.1) is 0 Å². The molecule has 23 heavy (non-hydrogen) atoms. The lowest BCUT2D eigenvalue weighted by Crippen LogP contribution is -2.07. The minimum atomic E-state index is 0.428. The Balaban J connectivity index is 2.02. The molecule has 2 rings (SSSR count). The average Bonchev–Trinajstić information content (AvgIpc) is 2.59. The van der Waals surface area contributed by atoms with Gasteiger partial charge >= 0.3 is 0 Å². The molecule has 0 aliphatic heterocycles. The lowest BCUT2D eigenvalue weighted by atomic mass is 10.2. The molecule has 0 saturated heterocycles. The van der Waals surface area contributed by atoms with E-state index < -0.39 is 0 Å². The van der Waals surface area contributed by atoms with Crippen LogP contribution in [-0.4, -0.2) is 35.9 Å². The predicted octanol–water partition coefficient (Wildman–Crippen LogP) is 3.23. The molecule has 1 aromatic heterocycles. The van der Waals surface area contributed by atoms with E-state index in [2.05, 4.69) is 32.7 Å². The Kier molecular flexibility index (Phi) is 6.40. The van der Waals surface area contributed by atoms with Gasteiger partial charge in [-0.1, -0.05) is 19.8 Å². The molecule has 7 nitrogen and oxygen atoms in total. The second-order valence-electron chi connectivity index (χ2n) is 4.99. The zero-order valence-electron chi connectivity index (χ0n) is 13.8. The molecule has 0 aliphatic rings. The predicted molar refractivity (Wildman–Crippen MR) is 90.7 cm³/mol. The van der Waals surface area contributed by atoms with E-state index in [1.54, 1.807) is 20.4 Å². The van der Waals surface area contributed by atoms with Gasteiger partial charge in [-0.25, -0.2) is 0 Å². The molecule has 0 aliphatic carbocycles. The number of methoxy groups -OCH3 is 2. The zero-order chi connectivity index (χ0) is 16.5. The highest BCUT2D eigenvalue weighted by Crippen LogP contribution is 2.30. The number of hydrogen-bond acceptors (Lipinski definition) is 7. The van der Waals surface area contributed by atoms with Crippen LogP contribution in [0.2, 0.25) is 0 Å². The van der Waals surface area contributed by atoms with Crippen molar-refractivity contribution < 1.29 is 9.47 Å². The van der Waals surface area contributed by atoms with Gasteiger partial charge in [0, 0.05) is 18.3 Å². The Bertz CT molecular complexity index is 621. The number of ether oxygens (including phenoxy) is 2. The second kappa shape index (κ2) is 8.77. The molecule has 0 atom stereocenters. The third-order valence-electron chi connectivity index (χ3n) is 3.28. The standard InChI is InChI=1S/C16H23N5O2/c1-4-5-6-9-17-15-11-18-21-16(20-15)19-12-7-8-13(22-2)14(10-12)23-3/h7-8,10-11H,4-6,9H2,1-3H3,(H2,17,19,20,21). The van der Waals surface area contributed by atoms with E-state index in [9.17, 15) is 0 Å².